The van der Waals surface area contributed by atoms with E-state index in [9.17, 15) is 4.79 Å². The SMILES string of the molecule is CC(C)(C)OC(=O)N[C@H]1CCCCN(c2nc(OCC34CCCN3CCC4)nc3c(F)c(Cl)ncc23)C1. The van der Waals surface area contributed by atoms with E-state index in [0.29, 0.717) is 30.9 Å². The lowest BCUT2D eigenvalue weighted by atomic mass is 9.95. The average Bonchev–Trinajstić information content (AvgIpc) is 3.32. The average molecular weight is 535 g/mol. The summed E-state index contributed by atoms with van der Waals surface area (Å²) in [5, 5.41) is 3.22. The van der Waals surface area contributed by atoms with Crippen LogP contribution >= 0.6 is 11.6 Å². The van der Waals surface area contributed by atoms with Crippen molar-refractivity contribution < 1.29 is 18.7 Å². The highest BCUT2D eigenvalue weighted by Gasteiger charge is 2.45. The van der Waals surface area contributed by atoms with E-state index in [-0.39, 0.29) is 28.3 Å². The molecule has 0 radical (unpaired) electrons. The Bertz CT molecular complexity index is 1150. The fraction of sp³-hybridized carbons (Fsp3) is 0.692. The molecule has 5 heterocycles. The molecule has 5 rings (SSSR count). The topological polar surface area (TPSA) is 92.7 Å². The second kappa shape index (κ2) is 10.4. The Morgan fingerprint density at radius 2 is 1.95 bits per heavy atom. The molecule has 202 valence electrons. The number of ether oxygens (including phenoxy) is 2. The van der Waals surface area contributed by atoms with E-state index in [4.69, 9.17) is 26.1 Å². The van der Waals surface area contributed by atoms with Crippen LogP contribution < -0.4 is 15.0 Å². The van der Waals surface area contributed by atoms with Gasteiger partial charge in [-0.1, -0.05) is 11.6 Å². The number of carbonyl (C=O) groups is 1. The van der Waals surface area contributed by atoms with Gasteiger partial charge in [-0.25, -0.2) is 14.2 Å². The molecule has 9 nitrogen and oxygen atoms in total. The van der Waals surface area contributed by atoms with Crippen molar-refractivity contribution in [2.24, 2.45) is 0 Å². The van der Waals surface area contributed by atoms with Crippen LogP contribution in [-0.2, 0) is 4.74 Å². The third-order valence-corrected chi connectivity index (χ3v) is 7.84. The predicted octanol–water partition coefficient (Wildman–Crippen LogP) is 4.71. The molecule has 1 N–H and O–H groups in total. The zero-order valence-electron chi connectivity index (χ0n) is 21.9. The van der Waals surface area contributed by atoms with Crippen LogP contribution in [0.3, 0.4) is 0 Å². The Hall–Kier alpha value is -2.46. The first kappa shape index (κ1) is 26.2. The maximum absolute atomic E-state index is 15.1. The third kappa shape index (κ3) is 5.70. The number of nitrogens with zero attached hydrogens (tertiary/aromatic N) is 5. The molecule has 0 bridgehead atoms. The third-order valence-electron chi connectivity index (χ3n) is 7.57. The number of amides is 1. The number of aromatic nitrogens is 3. The summed E-state index contributed by atoms with van der Waals surface area (Å²) in [4.78, 5) is 30.2. The Kier molecular flexibility index (Phi) is 7.33. The maximum atomic E-state index is 15.1. The molecule has 0 spiro atoms. The number of alkyl carbamates (subject to hydrolysis) is 1. The number of nitrogens with one attached hydrogen (secondary N) is 1. The largest absolute Gasteiger partial charge is 0.461 e. The van der Waals surface area contributed by atoms with Crippen molar-refractivity contribution in [1.82, 2.24) is 25.2 Å². The van der Waals surface area contributed by atoms with Crippen molar-refractivity contribution >= 4 is 34.4 Å². The number of halogens is 2. The van der Waals surface area contributed by atoms with Crippen molar-refractivity contribution in [3.63, 3.8) is 0 Å². The lowest BCUT2D eigenvalue weighted by molar-refractivity contribution is 0.0504. The van der Waals surface area contributed by atoms with Gasteiger partial charge < -0.3 is 19.7 Å². The van der Waals surface area contributed by atoms with Crippen LogP contribution in [0, 0.1) is 5.82 Å². The number of hydrogen-bond acceptors (Lipinski definition) is 8. The molecule has 2 aromatic heterocycles. The Morgan fingerprint density at radius 3 is 2.68 bits per heavy atom. The predicted molar refractivity (Wildman–Crippen MR) is 140 cm³/mol. The minimum absolute atomic E-state index is 0.0119. The molecule has 0 aromatic carbocycles. The van der Waals surface area contributed by atoms with Gasteiger partial charge in [0.05, 0.1) is 10.9 Å². The number of fused-ring (bicyclic) bond motifs is 2. The number of rotatable bonds is 5. The molecule has 3 aliphatic rings. The minimum Gasteiger partial charge on any atom is -0.461 e. The van der Waals surface area contributed by atoms with Gasteiger partial charge in [0, 0.05) is 25.3 Å². The van der Waals surface area contributed by atoms with E-state index in [0.717, 1.165) is 58.0 Å². The van der Waals surface area contributed by atoms with E-state index < -0.39 is 17.5 Å². The number of pyridine rings is 1. The first-order valence-electron chi connectivity index (χ1n) is 13.3. The Labute approximate surface area is 222 Å². The molecule has 0 saturated carbocycles. The van der Waals surface area contributed by atoms with Crippen LogP contribution in [0.1, 0.15) is 65.7 Å². The fourth-order valence-corrected chi connectivity index (χ4v) is 6.03. The van der Waals surface area contributed by atoms with Gasteiger partial charge in [0.2, 0.25) is 0 Å². The summed E-state index contributed by atoms with van der Waals surface area (Å²) in [7, 11) is 0. The summed E-state index contributed by atoms with van der Waals surface area (Å²) in [6.07, 6.45) is 8.17. The van der Waals surface area contributed by atoms with Gasteiger partial charge >= 0.3 is 12.1 Å². The van der Waals surface area contributed by atoms with Crippen LogP contribution in [0.25, 0.3) is 10.9 Å². The molecule has 0 aliphatic carbocycles. The van der Waals surface area contributed by atoms with Crippen LogP contribution in [0.15, 0.2) is 6.20 Å². The zero-order chi connectivity index (χ0) is 26.2. The number of carbonyl (C=O) groups excluding carboxylic acids is 1. The summed E-state index contributed by atoms with van der Waals surface area (Å²) >= 11 is 6.02. The summed E-state index contributed by atoms with van der Waals surface area (Å²) in [6.45, 7) is 9.34. The van der Waals surface area contributed by atoms with Crippen LogP contribution in [0.5, 0.6) is 6.01 Å². The van der Waals surface area contributed by atoms with Crippen molar-refractivity contribution in [2.75, 3.05) is 37.7 Å². The van der Waals surface area contributed by atoms with Gasteiger partial charge in [0.25, 0.3) is 0 Å². The van der Waals surface area contributed by atoms with Crippen LogP contribution in [0.2, 0.25) is 5.15 Å². The Morgan fingerprint density at radius 1 is 1.19 bits per heavy atom. The highest BCUT2D eigenvalue weighted by Crippen LogP contribution is 2.39. The molecular weight excluding hydrogens is 499 g/mol. The van der Waals surface area contributed by atoms with Gasteiger partial charge in [-0.05, 0) is 78.8 Å². The monoisotopic (exact) mass is 534 g/mol. The molecule has 3 aliphatic heterocycles. The first-order chi connectivity index (χ1) is 17.6. The molecule has 37 heavy (non-hydrogen) atoms. The smallest absolute Gasteiger partial charge is 0.407 e. The number of hydrogen-bond donors (Lipinski definition) is 1. The van der Waals surface area contributed by atoms with E-state index in [1.54, 1.807) is 0 Å². The van der Waals surface area contributed by atoms with Gasteiger partial charge in [0.1, 0.15) is 23.5 Å². The molecule has 3 fully saturated rings. The van der Waals surface area contributed by atoms with Crippen molar-refractivity contribution in [3.8, 4) is 6.01 Å². The molecule has 3 saturated heterocycles. The van der Waals surface area contributed by atoms with E-state index in [1.165, 1.54) is 6.20 Å². The highest BCUT2D eigenvalue weighted by atomic mass is 35.5. The Balaban J connectivity index is 1.43. The molecular formula is C26H36ClFN6O3. The normalized spacial score (nSPS) is 22.1. The van der Waals surface area contributed by atoms with Gasteiger partial charge in [-0.3, -0.25) is 4.90 Å². The minimum atomic E-state index is -0.688. The van der Waals surface area contributed by atoms with Gasteiger partial charge in [0.15, 0.2) is 11.0 Å². The lowest BCUT2D eigenvalue weighted by Crippen LogP contribution is -2.45. The summed E-state index contributed by atoms with van der Waals surface area (Å²) in [5.74, 6) is -0.152. The molecule has 0 unspecified atom stereocenters. The van der Waals surface area contributed by atoms with E-state index in [2.05, 4.69) is 25.1 Å². The van der Waals surface area contributed by atoms with Gasteiger partial charge in [-0.15, -0.1) is 0 Å². The lowest BCUT2D eigenvalue weighted by Gasteiger charge is -2.31. The van der Waals surface area contributed by atoms with E-state index in [1.807, 2.05) is 20.8 Å². The zero-order valence-corrected chi connectivity index (χ0v) is 22.6. The molecule has 1 amide bonds. The van der Waals surface area contributed by atoms with E-state index >= 15 is 4.39 Å². The highest BCUT2D eigenvalue weighted by molar-refractivity contribution is 6.30. The molecule has 2 aromatic rings. The number of anilines is 1. The van der Waals surface area contributed by atoms with Gasteiger partial charge in [-0.2, -0.15) is 9.97 Å². The second-order valence-corrected chi connectivity index (χ2v) is 11.8. The summed E-state index contributed by atoms with van der Waals surface area (Å²) in [6, 6.07) is -0.0149. The molecule has 1 atom stereocenters. The second-order valence-electron chi connectivity index (χ2n) is 11.4. The van der Waals surface area contributed by atoms with Crippen molar-refractivity contribution in [3.05, 3.63) is 17.2 Å². The standard InChI is InChI=1S/C26H36ClFN6O3/c1-25(2,3)37-24(35)30-17-8-4-5-11-33(15-17)22-18-14-29-21(27)19(28)20(18)31-23(32-22)36-16-26-9-6-12-34(26)13-7-10-26/h14,17H,4-13,15-16H2,1-3H3,(H,30,35)/t17-/m0/s1. The van der Waals surface area contributed by atoms with Crippen molar-refractivity contribution in [1.29, 1.82) is 0 Å². The van der Waals surface area contributed by atoms with Crippen LogP contribution in [-0.4, -0.2) is 75.9 Å². The summed E-state index contributed by atoms with van der Waals surface area (Å²) < 4.78 is 26.8. The van der Waals surface area contributed by atoms with Crippen LogP contribution in [0.4, 0.5) is 15.0 Å². The molecule has 11 heteroatoms. The van der Waals surface area contributed by atoms with Crippen molar-refractivity contribution in [2.45, 2.75) is 82.9 Å². The quantitative estimate of drug-likeness (QED) is 0.551. The maximum Gasteiger partial charge on any atom is 0.407 e. The summed E-state index contributed by atoms with van der Waals surface area (Å²) in [5.41, 5.74) is -0.481. The fourth-order valence-electron chi connectivity index (χ4n) is 5.89. The first-order valence-corrected chi connectivity index (χ1v) is 13.7.